The van der Waals surface area contributed by atoms with Crippen molar-refractivity contribution in [3.63, 3.8) is 0 Å². The fraction of sp³-hybridized carbons (Fsp3) is 1.00. The smallest absolute Gasteiger partial charge is 0.283 e. The van der Waals surface area contributed by atoms with Crippen molar-refractivity contribution in [3.05, 3.63) is 0 Å². The van der Waals surface area contributed by atoms with Crippen molar-refractivity contribution in [3.8, 4) is 0 Å². The Morgan fingerprint density at radius 3 is 2.69 bits per heavy atom. The van der Waals surface area contributed by atoms with Gasteiger partial charge < -0.3 is 0 Å². The summed E-state index contributed by atoms with van der Waals surface area (Å²) >= 11 is 0. The Hall–Kier alpha value is 0.0800. The van der Waals surface area contributed by atoms with Crippen molar-refractivity contribution >= 4 is 7.91 Å². The Balaban J connectivity index is 2.77. The Kier molecular flexibility index (Phi) is 3.16. The molecule has 1 heterocycles. The average molecular weight is 210 g/mol. The van der Waals surface area contributed by atoms with Crippen LogP contribution in [-0.4, -0.2) is 12.7 Å². The zero-order valence-electron chi connectivity index (χ0n) is 8.25. The van der Waals surface area contributed by atoms with Gasteiger partial charge in [0, 0.05) is 5.41 Å². The first-order valence-corrected chi connectivity index (χ1v) is 5.99. The van der Waals surface area contributed by atoms with Gasteiger partial charge in [0.1, 0.15) is 0 Å². The maximum absolute atomic E-state index is 12.9. The number of rotatable bonds is 2. The molecular formula is C8H16FO3P. The summed E-state index contributed by atoms with van der Waals surface area (Å²) in [6.07, 6.45) is 1.18. The monoisotopic (exact) mass is 210 g/mol. The molecule has 0 N–H and O–H groups in total. The van der Waals surface area contributed by atoms with Crippen LogP contribution in [0.3, 0.4) is 0 Å². The van der Waals surface area contributed by atoms with Crippen molar-refractivity contribution in [2.45, 2.75) is 39.7 Å². The molecule has 0 aromatic carbocycles. The van der Waals surface area contributed by atoms with Gasteiger partial charge in [0.25, 0.3) is 0 Å². The van der Waals surface area contributed by atoms with Crippen LogP contribution in [0.1, 0.15) is 33.6 Å². The summed E-state index contributed by atoms with van der Waals surface area (Å²) in [6.45, 7) is 6.02. The third-order valence-corrected chi connectivity index (χ3v) is 3.70. The van der Waals surface area contributed by atoms with Gasteiger partial charge in [-0.1, -0.05) is 20.8 Å². The van der Waals surface area contributed by atoms with Gasteiger partial charge in [-0.25, -0.2) is 4.57 Å². The van der Waals surface area contributed by atoms with Gasteiger partial charge in [0.05, 0.1) is 12.7 Å². The lowest BCUT2D eigenvalue weighted by atomic mass is 9.81. The first-order valence-electron chi connectivity index (χ1n) is 4.56. The van der Waals surface area contributed by atoms with Gasteiger partial charge in [-0.05, 0) is 12.8 Å². The molecule has 0 amide bonds. The maximum atomic E-state index is 12.9. The molecule has 3 unspecified atom stereocenters. The molecule has 0 aliphatic carbocycles. The van der Waals surface area contributed by atoms with Crippen LogP contribution >= 0.6 is 7.91 Å². The number of hydrogen-bond acceptors (Lipinski definition) is 3. The minimum Gasteiger partial charge on any atom is -0.283 e. The summed E-state index contributed by atoms with van der Waals surface area (Å²) in [5.41, 5.74) is -0.214. The average Bonchev–Trinajstić information content (AvgIpc) is 2.09. The molecule has 1 aliphatic rings. The van der Waals surface area contributed by atoms with E-state index in [1.807, 2.05) is 20.8 Å². The molecule has 0 spiro atoms. The van der Waals surface area contributed by atoms with Gasteiger partial charge in [-0.2, -0.15) is 0 Å². The summed E-state index contributed by atoms with van der Waals surface area (Å²) in [4.78, 5) is 0. The van der Waals surface area contributed by atoms with Gasteiger partial charge in [-0.3, -0.25) is 9.05 Å². The predicted molar refractivity (Wildman–Crippen MR) is 48.2 cm³/mol. The SMILES string of the molecule is CCC1OP(=O)(F)OCC1(C)CC. The lowest BCUT2D eigenvalue weighted by Gasteiger charge is -2.40. The van der Waals surface area contributed by atoms with E-state index in [1.165, 1.54) is 0 Å². The van der Waals surface area contributed by atoms with Crippen molar-refractivity contribution in [1.82, 2.24) is 0 Å². The summed E-state index contributed by atoms with van der Waals surface area (Å²) in [5, 5.41) is 0. The van der Waals surface area contributed by atoms with E-state index in [-0.39, 0.29) is 18.1 Å². The first-order chi connectivity index (χ1) is 5.93. The Morgan fingerprint density at radius 1 is 1.62 bits per heavy atom. The number of hydrogen-bond donors (Lipinski definition) is 0. The molecule has 1 aliphatic heterocycles. The van der Waals surface area contributed by atoms with Crippen LogP contribution in [0.25, 0.3) is 0 Å². The molecule has 0 saturated carbocycles. The molecule has 0 aromatic rings. The Bertz CT molecular complexity index is 233. The minimum atomic E-state index is -4.25. The van der Waals surface area contributed by atoms with E-state index in [1.54, 1.807) is 0 Å². The highest BCUT2D eigenvalue weighted by Gasteiger charge is 2.45. The maximum Gasteiger partial charge on any atom is 0.513 e. The van der Waals surface area contributed by atoms with Crippen LogP contribution in [0.2, 0.25) is 0 Å². The topological polar surface area (TPSA) is 35.5 Å². The van der Waals surface area contributed by atoms with Crippen LogP contribution in [0, 0.1) is 5.41 Å². The Labute approximate surface area is 78.3 Å². The van der Waals surface area contributed by atoms with Crippen molar-refractivity contribution in [2.75, 3.05) is 6.61 Å². The standard InChI is InChI=1S/C8H16FO3P/c1-4-7-8(3,5-2)6-11-13(9,10)12-7/h7H,4-6H2,1-3H3. The summed E-state index contributed by atoms with van der Waals surface area (Å²) < 4.78 is 33.2. The highest BCUT2D eigenvalue weighted by molar-refractivity contribution is 7.48. The molecule has 0 aromatic heterocycles. The molecular weight excluding hydrogens is 194 g/mol. The normalized spacial score (nSPS) is 46.3. The highest BCUT2D eigenvalue weighted by Crippen LogP contribution is 2.58. The quantitative estimate of drug-likeness (QED) is 0.656. The fourth-order valence-corrected chi connectivity index (χ4v) is 2.74. The summed E-state index contributed by atoms with van der Waals surface area (Å²) in [7, 11) is -4.25. The van der Waals surface area contributed by atoms with E-state index in [0.717, 1.165) is 6.42 Å². The molecule has 0 radical (unpaired) electrons. The molecule has 1 rings (SSSR count). The molecule has 1 fully saturated rings. The third kappa shape index (κ3) is 2.30. The third-order valence-electron chi connectivity index (χ3n) is 2.76. The van der Waals surface area contributed by atoms with E-state index in [9.17, 15) is 8.76 Å². The van der Waals surface area contributed by atoms with E-state index in [2.05, 4.69) is 4.52 Å². The van der Waals surface area contributed by atoms with Crippen molar-refractivity contribution in [2.24, 2.45) is 5.41 Å². The van der Waals surface area contributed by atoms with Gasteiger partial charge in [0.15, 0.2) is 0 Å². The van der Waals surface area contributed by atoms with E-state index >= 15 is 0 Å². The molecule has 3 nitrogen and oxygen atoms in total. The Morgan fingerprint density at radius 2 is 2.23 bits per heavy atom. The minimum absolute atomic E-state index is 0.176. The molecule has 1 saturated heterocycles. The van der Waals surface area contributed by atoms with E-state index in [0.29, 0.717) is 6.42 Å². The largest absolute Gasteiger partial charge is 0.513 e. The van der Waals surface area contributed by atoms with Crippen LogP contribution in [0.5, 0.6) is 0 Å². The zero-order valence-corrected chi connectivity index (χ0v) is 9.14. The number of halogens is 1. The van der Waals surface area contributed by atoms with Gasteiger partial charge in [-0.15, -0.1) is 4.20 Å². The predicted octanol–water partition coefficient (Wildman–Crippen LogP) is 3.31. The van der Waals surface area contributed by atoms with Crippen LogP contribution < -0.4 is 0 Å². The molecule has 0 bridgehead atoms. The van der Waals surface area contributed by atoms with E-state index in [4.69, 9.17) is 4.52 Å². The van der Waals surface area contributed by atoms with Crippen LogP contribution in [0.15, 0.2) is 0 Å². The van der Waals surface area contributed by atoms with Crippen LogP contribution in [-0.2, 0) is 13.6 Å². The van der Waals surface area contributed by atoms with Crippen molar-refractivity contribution < 1.29 is 17.8 Å². The fourth-order valence-electron chi connectivity index (χ4n) is 1.52. The first kappa shape index (κ1) is 11.2. The summed E-state index contributed by atoms with van der Waals surface area (Å²) in [5.74, 6) is 0. The van der Waals surface area contributed by atoms with Gasteiger partial charge in [0.2, 0.25) is 0 Å². The molecule has 13 heavy (non-hydrogen) atoms. The van der Waals surface area contributed by atoms with Crippen LogP contribution in [0.4, 0.5) is 4.20 Å². The zero-order chi connectivity index (χ0) is 10.1. The summed E-state index contributed by atoms with van der Waals surface area (Å²) in [6, 6.07) is 0. The second-order valence-corrected chi connectivity index (χ2v) is 5.04. The van der Waals surface area contributed by atoms with Gasteiger partial charge >= 0.3 is 7.91 Å². The highest BCUT2D eigenvalue weighted by atomic mass is 31.2. The second kappa shape index (κ2) is 3.68. The molecule has 3 atom stereocenters. The second-order valence-electron chi connectivity index (χ2n) is 3.71. The lowest BCUT2D eigenvalue weighted by Crippen LogP contribution is -2.40. The molecule has 78 valence electrons. The van der Waals surface area contributed by atoms with Crippen molar-refractivity contribution in [1.29, 1.82) is 0 Å². The lowest BCUT2D eigenvalue weighted by molar-refractivity contribution is -0.0502. The van der Waals surface area contributed by atoms with E-state index < -0.39 is 7.91 Å². The molecule has 5 heteroatoms.